The number of nitrogens with zero attached hydrogens (tertiary/aromatic N) is 1. The van der Waals surface area contributed by atoms with Crippen molar-refractivity contribution in [3.63, 3.8) is 0 Å². The van der Waals surface area contributed by atoms with Gasteiger partial charge in [-0.1, -0.05) is 30.3 Å². The van der Waals surface area contributed by atoms with Crippen LogP contribution in [0.1, 0.15) is 11.1 Å². The van der Waals surface area contributed by atoms with Crippen LogP contribution in [0.25, 0.3) is 0 Å². The Labute approximate surface area is 153 Å². The zero-order valence-corrected chi connectivity index (χ0v) is 15.3. The SMILES string of the molecule is O=S(=O)(Cc1ccccc1F)NCCc1ccc(N2CCOCC2)cc1. The largest absolute Gasteiger partial charge is 0.378 e. The molecule has 0 bridgehead atoms. The molecule has 1 saturated heterocycles. The second kappa shape index (κ2) is 8.62. The smallest absolute Gasteiger partial charge is 0.215 e. The summed E-state index contributed by atoms with van der Waals surface area (Å²) in [6.45, 7) is 3.54. The molecular weight excluding hydrogens is 355 g/mol. The fourth-order valence-electron chi connectivity index (χ4n) is 2.92. The first-order chi connectivity index (χ1) is 12.5. The number of halogens is 1. The second-order valence-corrected chi connectivity index (χ2v) is 8.07. The molecule has 26 heavy (non-hydrogen) atoms. The molecule has 0 aromatic heterocycles. The van der Waals surface area contributed by atoms with E-state index in [1.807, 2.05) is 12.1 Å². The van der Waals surface area contributed by atoms with Crippen LogP contribution in [-0.4, -0.2) is 41.3 Å². The highest BCUT2D eigenvalue weighted by Crippen LogP contribution is 2.17. The van der Waals surface area contributed by atoms with Crippen molar-refractivity contribution in [1.29, 1.82) is 0 Å². The van der Waals surface area contributed by atoms with Gasteiger partial charge in [-0.05, 0) is 30.2 Å². The first-order valence-corrected chi connectivity index (χ1v) is 10.3. The number of rotatable bonds is 7. The van der Waals surface area contributed by atoms with Gasteiger partial charge in [0.2, 0.25) is 10.0 Å². The quantitative estimate of drug-likeness (QED) is 0.803. The van der Waals surface area contributed by atoms with E-state index in [4.69, 9.17) is 4.74 Å². The van der Waals surface area contributed by atoms with Crippen molar-refractivity contribution in [1.82, 2.24) is 4.72 Å². The first kappa shape index (κ1) is 18.8. The Hall–Kier alpha value is -1.96. The number of sulfonamides is 1. The fourth-order valence-corrected chi connectivity index (χ4v) is 4.08. The van der Waals surface area contributed by atoms with Crippen molar-refractivity contribution in [2.75, 3.05) is 37.7 Å². The molecule has 2 aromatic carbocycles. The highest BCUT2D eigenvalue weighted by molar-refractivity contribution is 7.88. The Balaban J connectivity index is 1.50. The van der Waals surface area contributed by atoms with Crippen LogP contribution >= 0.6 is 0 Å². The molecule has 1 aliphatic heterocycles. The molecule has 0 amide bonds. The molecule has 1 aliphatic rings. The summed E-state index contributed by atoms with van der Waals surface area (Å²) in [5, 5.41) is 0. The van der Waals surface area contributed by atoms with Crippen molar-refractivity contribution < 1.29 is 17.5 Å². The normalized spacial score (nSPS) is 15.2. The molecule has 1 fully saturated rings. The first-order valence-electron chi connectivity index (χ1n) is 8.66. The van der Waals surface area contributed by atoms with Gasteiger partial charge in [0.25, 0.3) is 0 Å². The van der Waals surface area contributed by atoms with Gasteiger partial charge in [0.05, 0.1) is 19.0 Å². The lowest BCUT2D eigenvalue weighted by Gasteiger charge is -2.28. The predicted molar refractivity (Wildman–Crippen MR) is 100 cm³/mol. The number of hydrogen-bond acceptors (Lipinski definition) is 4. The molecular formula is C19H23FN2O3S. The Morgan fingerprint density at radius 1 is 1.04 bits per heavy atom. The van der Waals surface area contributed by atoms with Crippen molar-refractivity contribution in [2.45, 2.75) is 12.2 Å². The number of hydrogen-bond donors (Lipinski definition) is 1. The summed E-state index contributed by atoms with van der Waals surface area (Å²) in [5.74, 6) is -0.855. The summed E-state index contributed by atoms with van der Waals surface area (Å²) >= 11 is 0. The van der Waals surface area contributed by atoms with Crippen LogP contribution in [0.3, 0.4) is 0 Å². The molecule has 3 rings (SSSR count). The molecule has 140 valence electrons. The van der Waals surface area contributed by atoms with E-state index in [0.717, 1.165) is 37.6 Å². The van der Waals surface area contributed by atoms with Crippen molar-refractivity contribution >= 4 is 15.7 Å². The summed E-state index contributed by atoms with van der Waals surface area (Å²) < 4.78 is 45.7. The van der Waals surface area contributed by atoms with E-state index in [0.29, 0.717) is 6.42 Å². The van der Waals surface area contributed by atoms with Gasteiger partial charge in [-0.2, -0.15) is 0 Å². The summed E-state index contributed by atoms with van der Waals surface area (Å²) in [6.07, 6.45) is 0.583. The number of anilines is 1. The number of morpholine rings is 1. The van der Waals surface area contributed by atoms with Gasteiger partial charge in [0.15, 0.2) is 0 Å². The molecule has 5 nitrogen and oxygen atoms in total. The van der Waals surface area contributed by atoms with Gasteiger partial charge < -0.3 is 9.64 Å². The summed E-state index contributed by atoms with van der Waals surface area (Å²) in [7, 11) is -3.56. The summed E-state index contributed by atoms with van der Waals surface area (Å²) in [6, 6.07) is 14.0. The van der Waals surface area contributed by atoms with E-state index in [9.17, 15) is 12.8 Å². The van der Waals surface area contributed by atoms with Gasteiger partial charge in [-0.25, -0.2) is 17.5 Å². The van der Waals surface area contributed by atoms with Crippen LogP contribution in [0.4, 0.5) is 10.1 Å². The van der Waals surface area contributed by atoms with Gasteiger partial charge in [-0.3, -0.25) is 0 Å². The lowest BCUT2D eigenvalue weighted by molar-refractivity contribution is 0.122. The van der Waals surface area contributed by atoms with Gasteiger partial charge in [0.1, 0.15) is 5.82 Å². The third-order valence-corrected chi connectivity index (χ3v) is 5.69. The van der Waals surface area contributed by atoms with E-state index in [1.165, 1.54) is 12.1 Å². The lowest BCUT2D eigenvalue weighted by atomic mass is 10.1. The lowest BCUT2D eigenvalue weighted by Crippen LogP contribution is -2.36. The van der Waals surface area contributed by atoms with E-state index < -0.39 is 15.8 Å². The average molecular weight is 378 g/mol. The molecule has 0 aliphatic carbocycles. The molecule has 0 spiro atoms. The van der Waals surface area contributed by atoms with Crippen molar-refractivity contribution in [3.05, 3.63) is 65.5 Å². The summed E-state index contributed by atoms with van der Waals surface area (Å²) in [4.78, 5) is 2.27. The van der Waals surface area contributed by atoms with E-state index in [-0.39, 0.29) is 17.9 Å². The van der Waals surface area contributed by atoms with Crippen LogP contribution in [-0.2, 0) is 26.9 Å². The monoisotopic (exact) mass is 378 g/mol. The van der Waals surface area contributed by atoms with Gasteiger partial charge in [-0.15, -0.1) is 0 Å². The van der Waals surface area contributed by atoms with Crippen LogP contribution in [0.5, 0.6) is 0 Å². The van der Waals surface area contributed by atoms with Gasteiger partial charge >= 0.3 is 0 Å². The summed E-state index contributed by atoms with van der Waals surface area (Å²) in [5.41, 5.74) is 2.38. The second-order valence-electron chi connectivity index (χ2n) is 6.26. The molecule has 7 heteroatoms. The van der Waals surface area contributed by atoms with E-state index in [1.54, 1.807) is 12.1 Å². The maximum atomic E-state index is 13.6. The van der Waals surface area contributed by atoms with E-state index in [2.05, 4.69) is 21.8 Å². The third-order valence-electron chi connectivity index (χ3n) is 4.35. The number of nitrogens with one attached hydrogen (secondary N) is 1. The average Bonchev–Trinajstić information content (AvgIpc) is 2.65. The minimum atomic E-state index is -3.56. The fraction of sp³-hybridized carbons (Fsp3) is 0.368. The minimum Gasteiger partial charge on any atom is -0.378 e. The Morgan fingerprint density at radius 2 is 1.73 bits per heavy atom. The van der Waals surface area contributed by atoms with Crippen molar-refractivity contribution in [3.8, 4) is 0 Å². The topological polar surface area (TPSA) is 58.6 Å². The van der Waals surface area contributed by atoms with Crippen molar-refractivity contribution in [2.24, 2.45) is 0 Å². The molecule has 2 aromatic rings. The molecule has 0 atom stereocenters. The maximum Gasteiger partial charge on any atom is 0.215 e. The van der Waals surface area contributed by atoms with Crippen LogP contribution in [0.15, 0.2) is 48.5 Å². The van der Waals surface area contributed by atoms with Crippen LogP contribution in [0.2, 0.25) is 0 Å². The number of benzene rings is 2. The predicted octanol–water partition coefficient (Wildman–Crippen LogP) is 2.32. The molecule has 0 radical (unpaired) electrons. The van der Waals surface area contributed by atoms with Crippen LogP contribution in [0, 0.1) is 5.82 Å². The molecule has 0 unspecified atom stereocenters. The van der Waals surface area contributed by atoms with Gasteiger partial charge in [0, 0.05) is 30.9 Å². The zero-order chi connectivity index (χ0) is 18.4. The highest BCUT2D eigenvalue weighted by atomic mass is 32.2. The zero-order valence-electron chi connectivity index (χ0n) is 14.5. The Kier molecular flexibility index (Phi) is 6.24. The van der Waals surface area contributed by atoms with E-state index >= 15 is 0 Å². The highest BCUT2D eigenvalue weighted by Gasteiger charge is 2.14. The minimum absolute atomic E-state index is 0.176. The molecule has 1 heterocycles. The molecule has 0 saturated carbocycles. The van der Waals surface area contributed by atoms with Crippen LogP contribution < -0.4 is 9.62 Å². The number of ether oxygens (including phenoxy) is 1. The third kappa shape index (κ3) is 5.27. The maximum absolute atomic E-state index is 13.6. The molecule has 1 N–H and O–H groups in total. The standard InChI is InChI=1S/C19H23FN2O3S/c20-19-4-2-1-3-17(19)15-26(23,24)21-10-9-16-5-7-18(8-6-16)22-11-13-25-14-12-22/h1-8,21H,9-15H2. The Morgan fingerprint density at radius 3 is 2.42 bits per heavy atom. The Bertz CT molecular complexity index is 819.